The van der Waals surface area contributed by atoms with Gasteiger partial charge < -0.3 is 5.32 Å². The quantitative estimate of drug-likeness (QED) is 0.756. The third-order valence-corrected chi connectivity index (χ3v) is 4.90. The van der Waals surface area contributed by atoms with Gasteiger partial charge in [0.05, 0.1) is 6.07 Å². The van der Waals surface area contributed by atoms with Gasteiger partial charge in [-0.15, -0.1) is 0 Å². The van der Waals surface area contributed by atoms with Crippen molar-refractivity contribution in [2.75, 3.05) is 11.9 Å². The molecular weight excluding hydrogens is 359 g/mol. The van der Waals surface area contributed by atoms with Crippen LogP contribution in [0, 0.1) is 14.9 Å². The van der Waals surface area contributed by atoms with Gasteiger partial charge in [-0.2, -0.15) is 5.26 Å². The average molecular weight is 374 g/mol. The molecule has 3 heteroatoms. The number of nitrogens with zero attached hydrogens (tertiary/aromatic N) is 1. The van der Waals surface area contributed by atoms with Crippen LogP contribution in [0.4, 0.5) is 5.69 Å². The highest BCUT2D eigenvalue weighted by Gasteiger charge is 2.38. The molecule has 0 saturated carbocycles. The maximum absolute atomic E-state index is 10.0. The summed E-state index contributed by atoms with van der Waals surface area (Å²) >= 11 is 2.34. The van der Waals surface area contributed by atoms with E-state index in [1.54, 1.807) is 0 Å². The van der Waals surface area contributed by atoms with E-state index in [9.17, 15) is 5.26 Å². The number of halogens is 1. The second-order valence-electron chi connectivity index (χ2n) is 5.07. The molecule has 1 heterocycles. The molecule has 2 nitrogen and oxygen atoms in total. The number of rotatable bonds is 1. The smallest absolute Gasteiger partial charge is 0.110 e. The zero-order chi connectivity index (χ0) is 14.0. The molecule has 100 valence electrons. The largest absolute Gasteiger partial charge is 0.385 e. The molecule has 1 N–H and O–H groups in total. The summed E-state index contributed by atoms with van der Waals surface area (Å²) in [6, 6.07) is 19.0. The molecule has 3 rings (SSSR count). The standard InChI is InChI=1S/C17H15IN2/c18-15-8-3-1-6-13(15)17(12-19)10-5-11-20-16-9-4-2-7-14(16)17/h1-4,6-9,20H,5,10-11H2/t17-/m0/s1. The molecular formula is C17H15IN2. The zero-order valence-electron chi connectivity index (χ0n) is 11.1. The first kappa shape index (κ1) is 13.4. The van der Waals surface area contributed by atoms with Crippen molar-refractivity contribution in [1.29, 1.82) is 5.26 Å². The predicted octanol–water partition coefficient (Wildman–Crippen LogP) is 4.31. The van der Waals surface area contributed by atoms with E-state index in [0.29, 0.717) is 0 Å². The van der Waals surface area contributed by atoms with E-state index in [1.807, 2.05) is 24.3 Å². The van der Waals surface area contributed by atoms with Crippen LogP contribution in [0.2, 0.25) is 0 Å². The Labute approximate surface area is 133 Å². The maximum atomic E-state index is 10.0. The van der Waals surface area contributed by atoms with Crippen molar-refractivity contribution in [1.82, 2.24) is 0 Å². The first-order valence-corrected chi connectivity index (χ1v) is 7.85. The topological polar surface area (TPSA) is 35.8 Å². The molecule has 0 amide bonds. The van der Waals surface area contributed by atoms with Crippen molar-refractivity contribution in [3.63, 3.8) is 0 Å². The normalized spacial score (nSPS) is 21.2. The number of hydrogen-bond donors (Lipinski definition) is 1. The first-order valence-electron chi connectivity index (χ1n) is 6.77. The van der Waals surface area contributed by atoms with Gasteiger partial charge in [-0.3, -0.25) is 0 Å². The number of fused-ring (bicyclic) bond motifs is 1. The van der Waals surface area contributed by atoms with E-state index < -0.39 is 5.41 Å². The molecule has 0 fully saturated rings. The van der Waals surface area contributed by atoms with E-state index in [0.717, 1.165) is 39.8 Å². The SMILES string of the molecule is N#C[C@]1(c2ccccc2I)CCCNc2ccccc21. The van der Waals surface area contributed by atoms with Gasteiger partial charge in [-0.1, -0.05) is 36.4 Å². The summed E-state index contributed by atoms with van der Waals surface area (Å²) in [5.41, 5.74) is 2.77. The Balaban J connectivity index is 2.28. The Morgan fingerprint density at radius 3 is 2.50 bits per heavy atom. The van der Waals surface area contributed by atoms with Crippen LogP contribution in [0.5, 0.6) is 0 Å². The summed E-state index contributed by atoms with van der Waals surface area (Å²) in [6.07, 6.45) is 1.85. The summed E-state index contributed by atoms with van der Waals surface area (Å²) in [5.74, 6) is 0. The van der Waals surface area contributed by atoms with Gasteiger partial charge in [-0.25, -0.2) is 0 Å². The average Bonchev–Trinajstić information content (AvgIpc) is 2.68. The van der Waals surface area contributed by atoms with Crippen LogP contribution >= 0.6 is 22.6 Å². The molecule has 1 atom stereocenters. The molecule has 1 aliphatic rings. The van der Waals surface area contributed by atoms with Crippen LogP contribution in [0.3, 0.4) is 0 Å². The molecule has 0 aliphatic carbocycles. The van der Waals surface area contributed by atoms with Crippen molar-refractivity contribution in [3.05, 3.63) is 63.2 Å². The Bertz CT molecular complexity index is 675. The molecule has 0 bridgehead atoms. The van der Waals surface area contributed by atoms with Crippen LogP contribution in [-0.2, 0) is 5.41 Å². The lowest BCUT2D eigenvalue weighted by atomic mass is 9.72. The van der Waals surface area contributed by atoms with Gasteiger partial charge in [0.15, 0.2) is 0 Å². The molecule has 2 aromatic rings. The number of nitriles is 1. The van der Waals surface area contributed by atoms with Crippen molar-refractivity contribution < 1.29 is 0 Å². The summed E-state index contributed by atoms with van der Waals surface area (Å²) < 4.78 is 1.16. The molecule has 0 spiro atoms. The minimum absolute atomic E-state index is 0.544. The molecule has 2 aromatic carbocycles. The highest BCUT2D eigenvalue weighted by Crippen LogP contribution is 2.43. The summed E-state index contributed by atoms with van der Waals surface area (Å²) in [7, 11) is 0. The van der Waals surface area contributed by atoms with Crippen molar-refractivity contribution in [2.45, 2.75) is 18.3 Å². The molecule has 1 aliphatic heterocycles. The van der Waals surface area contributed by atoms with E-state index >= 15 is 0 Å². The lowest BCUT2D eigenvalue weighted by molar-refractivity contribution is 0.584. The van der Waals surface area contributed by atoms with Crippen LogP contribution in [0.15, 0.2) is 48.5 Å². The third-order valence-electron chi connectivity index (χ3n) is 3.96. The highest BCUT2D eigenvalue weighted by atomic mass is 127. The van der Waals surface area contributed by atoms with Crippen molar-refractivity contribution in [3.8, 4) is 6.07 Å². The van der Waals surface area contributed by atoms with Gasteiger partial charge in [-0.05, 0) is 58.7 Å². The highest BCUT2D eigenvalue weighted by molar-refractivity contribution is 14.1. The van der Waals surface area contributed by atoms with Gasteiger partial charge >= 0.3 is 0 Å². The van der Waals surface area contributed by atoms with Crippen molar-refractivity contribution >= 4 is 28.3 Å². The maximum Gasteiger partial charge on any atom is 0.110 e. The molecule has 0 saturated heterocycles. The van der Waals surface area contributed by atoms with Gasteiger partial charge in [0.2, 0.25) is 0 Å². The van der Waals surface area contributed by atoms with E-state index in [2.05, 4.69) is 58.2 Å². The number of benzene rings is 2. The summed E-state index contributed by atoms with van der Waals surface area (Å²) in [5, 5.41) is 13.5. The van der Waals surface area contributed by atoms with Gasteiger partial charge in [0, 0.05) is 15.8 Å². The van der Waals surface area contributed by atoms with Crippen LogP contribution in [-0.4, -0.2) is 6.54 Å². The third kappa shape index (κ3) is 2.08. The van der Waals surface area contributed by atoms with Gasteiger partial charge in [0.25, 0.3) is 0 Å². The van der Waals surface area contributed by atoms with Gasteiger partial charge in [0.1, 0.15) is 5.41 Å². The van der Waals surface area contributed by atoms with Crippen LogP contribution in [0.25, 0.3) is 0 Å². The summed E-state index contributed by atoms with van der Waals surface area (Å²) in [6.45, 7) is 0.920. The lowest BCUT2D eigenvalue weighted by Crippen LogP contribution is -2.26. The number of anilines is 1. The second kappa shape index (κ2) is 5.45. The Morgan fingerprint density at radius 2 is 1.75 bits per heavy atom. The van der Waals surface area contributed by atoms with Crippen molar-refractivity contribution in [2.24, 2.45) is 0 Å². The first-order chi connectivity index (χ1) is 9.78. The lowest BCUT2D eigenvalue weighted by Gasteiger charge is -2.28. The number of hydrogen-bond acceptors (Lipinski definition) is 2. The Morgan fingerprint density at radius 1 is 1.05 bits per heavy atom. The second-order valence-corrected chi connectivity index (χ2v) is 6.24. The fraction of sp³-hybridized carbons (Fsp3) is 0.235. The predicted molar refractivity (Wildman–Crippen MR) is 89.7 cm³/mol. The molecule has 0 radical (unpaired) electrons. The zero-order valence-corrected chi connectivity index (χ0v) is 13.2. The molecule has 0 unspecified atom stereocenters. The monoisotopic (exact) mass is 374 g/mol. The van der Waals surface area contributed by atoms with E-state index in [-0.39, 0.29) is 0 Å². The van der Waals surface area contributed by atoms with E-state index in [1.165, 1.54) is 0 Å². The Hall–Kier alpha value is -1.54. The van der Waals surface area contributed by atoms with E-state index in [4.69, 9.17) is 0 Å². The van der Waals surface area contributed by atoms with Crippen LogP contribution in [0.1, 0.15) is 24.0 Å². The fourth-order valence-electron chi connectivity index (χ4n) is 2.98. The minimum atomic E-state index is -0.544. The Kier molecular flexibility index (Phi) is 3.66. The number of para-hydroxylation sites is 1. The fourth-order valence-corrected chi connectivity index (χ4v) is 3.83. The molecule has 20 heavy (non-hydrogen) atoms. The minimum Gasteiger partial charge on any atom is -0.385 e. The van der Waals surface area contributed by atoms with Crippen LogP contribution < -0.4 is 5.32 Å². The molecule has 0 aromatic heterocycles. The number of nitrogens with one attached hydrogen (secondary N) is 1. The summed E-state index contributed by atoms with van der Waals surface area (Å²) in [4.78, 5) is 0.